The number of hydroxylamine groups is 1. The van der Waals surface area contributed by atoms with Gasteiger partial charge in [-0.15, -0.1) is 0 Å². The minimum absolute atomic E-state index is 0.0111. The first-order chi connectivity index (χ1) is 5.07. The van der Waals surface area contributed by atoms with E-state index in [0.29, 0.717) is 6.42 Å². The van der Waals surface area contributed by atoms with Gasteiger partial charge in [0.05, 0.1) is 12.1 Å². The third kappa shape index (κ3) is 4.75. The van der Waals surface area contributed by atoms with Crippen LogP contribution in [0.3, 0.4) is 0 Å². The van der Waals surface area contributed by atoms with Gasteiger partial charge < -0.3 is 5.73 Å². The lowest BCUT2D eigenvalue weighted by atomic mass is 10.2. The third-order valence-corrected chi connectivity index (χ3v) is 1.17. The van der Waals surface area contributed by atoms with Crippen molar-refractivity contribution in [3.8, 4) is 0 Å². The van der Waals surface area contributed by atoms with Crippen LogP contribution in [0.4, 0.5) is 0 Å². The van der Waals surface area contributed by atoms with Crippen LogP contribution in [0.5, 0.6) is 0 Å². The van der Waals surface area contributed by atoms with E-state index >= 15 is 0 Å². The van der Waals surface area contributed by atoms with E-state index in [-0.39, 0.29) is 12.0 Å². The summed E-state index contributed by atoms with van der Waals surface area (Å²) in [6, 6.07) is -0.464. The first kappa shape index (κ1) is 10.4. The van der Waals surface area contributed by atoms with E-state index in [1.165, 1.54) is 0 Å². The summed E-state index contributed by atoms with van der Waals surface area (Å²) in [7, 11) is 0. The van der Waals surface area contributed by atoms with Crippen molar-refractivity contribution in [3.63, 3.8) is 0 Å². The average Bonchev–Trinajstić information content (AvgIpc) is 1.98. The van der Waals surface area contributed by atoms with Crippen molar-refractivity contribution < 1.29 is 9.63 Å². The number of amides is 1. The maximum Gasteiger partial charge on any atom is 0.260 e. The Bertz CT molecular complexity index is 126. The number of nitrogens with two attached hydrogens (primary N) is 1. The molecule has 3 N–H and O–H groups in total. The summed E-state index contributed by atoms with van der Waals surface area (Å²) in [6.07, 6.45) is 0.607. The molecule has 0 aliphatic rings. The summed E-state index contributed by atoms with van der Waals surface area (Å²) in [5, 5.41) is 0. The monoisotopic (exact) mass is 160 g/mol. The Hall–Kier alpha value is -0.610. The van der Waals surface area contributed by atoms with Gasteiger partial charge in [0.25, 0.3) is 5.91 Å². The molecule has 0 aromatic rings. The van der Waals surface area contributed by atoms with Crippen molar-refractivity contribution in [1.82, 2.24) is 5.48 Å². The molecule has 11 heavy (non-hydrogen) atoms. The average molecular weight is 160 g/mol. The van der Waals surface area contributed by atoms with Gasteiger partial charge in [-0.1, -0.05) is 6.92 Å². The highest BCUT2D eigenvalue weighted by molar-refractivity contribution is 5.80. The van der Waals surface area contributed by atoms with Crippen molar-refractivity contribution in [2.45, 2.75) is 39.3 Å². The third-order valence-electron chi connectivity index (χ3n) is 1.17. The van der Waals surface area contributed by atoms with Gasteiger partial charge in [0.1, 0.15) is 0 Å². The normalized spacial score (nSPS) is 13.2. The molecule has 0 saturated heterocycles. The fourth-order valence-electron chi connectivity index (χ4n) is 0.437. The molecule has 0 unspecified atom stereocenters. The van der Waals surface area contributed by atoms with Crippen molar-refractivity contribution in [2.75, 3.05) is 0 Å². The maximum absolute atomic E-state index is 10.9. The molecule has 0 heterocycles. The second-order valence-electron chi connectivity index (χ2n) is 2.65. The van der Waals surface area contributed by atoms with Crippen LogP contribution < -0.4 is 11.2 Å². The van der Waals surface area contributed by atoms with Crippen molar-refractivity contribution >= 4 is 5.91 Å². The second kappa shape index (κ2) is 5.09. The fraction of sp³-hybridized carbons (Fsp3) is 0.857. The molecule has 0 aliphatic carbocycles. The van der Waals surface area contributed by atoms with Crippen LogP contribution in [-0.2, 0) is 9.63 Å². The maximum atomic E-state index is 10.9. The highest BCUT2D eigenvalue weighted by Crippen LogP contribution is 1.87. The van der Waals surface area contributed by atoms with E-state index in [1.807, 2.05) is 20.8 Å². The van der Waals surface area contributed by atoms with Crippen molar-refractivity contribution in [2.24, 2.45) is 5.73 Å². The summed E-state index contributed by atoms with van der Waals surface area (Å²) in [4.78, 5) is 15.8. The first-order valence-electron chi connectivity index (χ1n) is 3.79. The van der Waals surface area contributed by atoms with Gasteiger partial charge in [-0.25, -0.2) is 5.48 Å². The summed E-state index contributed by atoms with van der Waals surface area (Å²) in [5.41, 5.74) is 7.68. The van der Waals surface area contributed by atoms with E-state index < -0.39 is 6.04 Å². The molecule has 66 valence electrons. The van der Waals surface area contributed by atoms with E-state index in [9.17, 15) is 4.79 Å². The Labute approximate surface area is 67.0 Å². The zero-order valence-electron chi connectivity index (χ0n) is 7.26. The smallest absolute Gasteiger partial charge is 0.260 e. The van der Waals surface area contributed by atoms with Crippen molar-refractivity contribution in [3.05, 3.63) is 0 Å². The number of carbonyl (C=O) groups is 1. The molecule has 4 heteroatoms. The lowest BCUT2D eigenvalue weighted by molar-refractivity contribution is -0.138. The summed E-state index contributed by atoms with van der Waals surface area (Å²) < 4.78 is 0. The van der Waals surface area contributed by atoms with Crippen LogP contribution >= 0.6 is 0 Å². The molecule has 0 saturated carbocycles. The standard InChI is InChI=1S/C7H16N2O2/c1-4-6(8)7(10)9-11-5(2)3/h5-6H,4,8H2,1-3H3,(H,9,10)/t6-/m0/s1. The molecular formula is C7H16N2O2. The van der Waals surface area contributed by atoms with Crippen LogP contribution in [0.25, 0.3) is 0 Å². The lowest BCUT2D eigenvalue weighted by Crippen LogP contribution is -2.41. The predicted octanol–water partition coefficient (Wildman–Crippen LogP) is 0.180. The molecule has 1 amide bonds. The van der Waals surface area contributed by atoms with Crippen LogP contribution in [-0.4, -0.2) is 18.1 Å². The Morgan fingerprint density at radius 1 is 1.64 bits per heavy atom. The molecule has 1 atom stereocenters. The number of rotatable bonds is 4. The van der Waals surface area contributed by atoms with Gasteiger partial charge in [-0.05, 0) is 20.3 Å². The first-order valence-corrected chi connectivity index (χ1v) is 3.79. The molecular weight excluding hydrogens is 144 g/mol. The Kier molecular flexibility index (Phi) is 4.81. The Balaban J connectivity index is 3.52. The molecule has 0 spiro atoms. The zero-order valence-corrected chi connectivity index (χ0v) is 7.26. The molecule has 4 nitrogen and oxygen atoms in total. The van der Waals surface area contributed by atoms with Gasteiger partial charge >= 0.3 is 0 Å². The fourth-order valence-corrected chi connectivity index (χ4v) is 0.437. The zero-order chi connectivity index (χ0) is 8.85. The molecule has 0 aromatic carbocycles. The minimum Gasteiger partial charge on any atom is -0.320 e. The van der Waals surface area contributed by atoms with Crippen molar-refractivity contribution in [1.29, 1.82) is 0 Å². The molecule has 0 aromatic heterocycles. The van der Waals surface area contributed by atoms with Gasteiger partial charge in [0, 0.05) is 0 Å². The largest absolute Gasteiger partial charge is 0.320 e. The molecule has 0 rings (SSSR count). The van der Waals surface area contributed by atoms with Gasteiger partial charge in [-0.3, -0.25) is 9.63 Å². The number of nitrogens with one attached hydrogen (secondary N) is 1. The summed E-state index contributed by atoms with van der Waals surface area (Å²) >= 11 is 0. The number of hydrogen-bond donors (Lipinski definition) is 2. The van der Waals surface area contributed by atoms with Crippen LogP contribution in [0.15, 0.2) is 0 Å². The van der Waals surface area contributed by atoms with Gasteiger partial charge in [-0.2, -0.15) is 0 Å². The molecule has 0 fully saturated rings. The highest BCUT2D eigenvalue weighted by Gasteiger charge is 2.10. The van der Waals surface area contributed by atoms with Gasteiger partial charge in [0.15, 0.2) is 0 Å². The van der Waals surface area contributed by atoms with E-state index in [0.717, 1.165) is 0 Å². The van der Waals surface area contributed by atoms with E-state index in [1.54, 1.807) is 0 Å². The molecule has 0 radical (unpaired) electrons. The van der Waals surface area contributed by atoms with Gasteiger partial charge in [0.2, 0.25) is 0 Å². The van der Waals surface area contributed by atoms with E-state index in [4.69, 9.17) is 10.6 Å². The molecule has 0 bridgehead atoms. The minimum atomic E-state index is -0.464. The predicted molar refractivity (Wildman–Crippen MR) is 42.6 cm³/mol. The van der Waals surface area contributed by atoms with Crippen LogP contribution in [0, 0.1) is 0 Å². The highest BCUT2D eigenvalue weighted by atomic mass is 16.7. The number of carbonyl (C=O) groups excluding carboxylic acids is 1. The quantitative estimate of drug-likeness (QED) is 0.576. The summed E-state index contributed by atoms with van der Waals surface area (Å²) in [5.74, 6) is -0.263. The lowest BCUT2D eigenvalue weighted by Gasteiger charge is -2.11. The number of hydrogen-bond acceptors (Lipinski definition) is 3. The molecule has 0 aliphatic heterocycles. The second-order valence-corrected chi connectivity index (χ2v) is 2.65. The van der Waals surface area contributed by atoms with Crippen LogP contribution in [0.2, 0.25) is 0 Å². The Morgan fingerprint density at radius 2 is 2.18 bits per heavy atom. The Morgan fingerprint density at radius 3 is 2.55 bits per heavy atom. The van der Waals surface area contributed by atoms with E-state index in [2.05, 4.69) is 5.48 Å². The topological polar surface area (TPSA) is 64.4 Å². The summed E-state index contributed by atoms with van der Waals surface area (Å²) in [6.45, 7) is 5.51. The SMILES string of the molecule is CC[C@H](N)C(=O)NOC(C)C. The van der Waals surface area contributed by atoms with Crippen LogP contribution in [0.1, 0.15) is 27.2 Å².